The molecule has 0 spiro atoms. The van der Waals surface area contributed by atoms with Gasteiger partial charge in [-0.3, -0.25) is 9.69 Å². The lowest BCUT2D eigenvalue weighted by atomic mass is 10.0. The van der Waals surface area contributed by atoms with Gasteiger partial charge in [-0.15, -0.1) is 12.4 Å². The standard InChI is InChI=1S/C12H15NO2.ClH/c14-11-6-9-3-4-10(7-11)13(9)8-12-2-1-5-15-12;/h1-2,5,9-10H,3-4,6-8H2;1H/t9-,10+;. The first-order valence-electron chi connectivity index (χ1n) is 5.63. The third-order valence-electron chi connectivity index (χ3n) is 3.62. The molecule has 2 aliphatic rings. The van der Waals surface area contributed by atoms with Gasteiger partial charge in [-0.2, -0.15) is 0 Å². The number of nitrogens with zero attached hydrogens (tertiary/aromatic N) is 1. The Morgan fingerprint density at radius 2 is 2.00 bits per heavy atom. The van der Waals surface area contributed by atoms with Crippen molar-refractivity contribution < 1.29 is 9.21 Å². The van der Waals surface area contributed by atoms with Crippen LogP contribution in [0.2, 0.25) is 0 Å². The van der Waals surface area contributed by atoms with Crippen LogP contribution in [0.1, 0.15) is 31.4 Å². The van der Waals surface area contributed by atoms with E-state index in [0.29, 0.717) is 17.9 Å². The quantitative estimate of drug-likeness (QED) is 0.797. The maximum absolute atomic E-state index is 11.4. The highest BCUT2D eigenvalue weighted by atomic mass is 35.5. The number of hydrogen-bond acceptors (Lipinski definition) is 3. The van der Waals surface area contributed by atoms with Gasteiger partial charge < -0.3 is 4.42 Å². The second-order valence-corrected chi connectivity index (χ2v) is 4.58. The fraction of sp³-hybridized carbons (Fsp3) is 0.583. The predicted octanol–water partition coefficient (Wildman–Crippen LogP) is 2.40. The zero-order valence-electron chi connectivity index (χ0n) is 9.09. The third kappa shape index (κ3) is 2.02. The van der Waals surface area contributed by atoms with Crippen molar-refractivity contribution in [2.24, 2.45) is 0 Å². The molecule has 0 N–H and O–H groups in total. The van der Waals surface area contributed by atoms with E-state index in [0.717, 1.165) is 25.1 Å². The molecule has 2 bridgehead atoms. The number of carbonyl (C=O) groups is 1. The number of carbonyl (C=O) groups excluding carboxylic acids is 1. The lowest BCUT2D eigenvalue weighted by molar-refractivity contribution is -0.123. The molecule has 0 amide bonds. The van der Waals surface area contributed by atoms with Crippen LogP contribution in [-0.2, 0) is 11.3 Å². The Kier molecular flexibility index (Phi) is 3.36. The van der Waals surface area contributed by atoms with Gasteiger partial charge in [0, 0.05) is 24.9 Å². The van der Waals surface area contributed by atoms with E-state index in [-0.39, 0.29) is 12.4 Å². The van der Waals surface area contributed by atoms with E-state index < -0.39 is 0 Å². The topological polar surface area (TPSA) is 33.5 Å². The summed E-state index contributed by atoms with van der Waals surface area (Å²) in [6.45, 7) is 0.871. The smallest absolute Gasteiger partial charge is 0.136 e. The van der Waals surface area contributed by atoms with Crippen LogP contribution >= 0.6 is 12.4 Å². The van der Waals surface area contributed by atoms with Gasteiger partial charge in [0.15, 0.2) is 0 Å². The first-order valence-corrected chi connectivity index (χ1v) is 5.63. The number of Topliss-reactive ketones (excluding diaryl/α,β-unsaturated/α-hetero) is 1. The Bertz CT molecular complexity index is 347. The fourth-order valence-corrected chi connectivity index (χ4v) is 2.90. The molecule has 2 saturated heterocycles. The van der Waals surface area contributed by atoms with Crippen LogP contribution in [0.3, 0.4) is 0 Å². The molecule has 1 aromatic heterocycles. The Labute approximate surface area is 101 Å². The summed E-state index contributed by atoms with van der Waals surface area (Å²) >= 11 is 0. The third-order valence-corrected chi connectivity index (χ3v) is 3.62. The lowest BCUT2D eigenvalue weighted by Gasteiger charge is -2.33. The Morgan fingerprint density at radius 3 is 2.56 bits per heavy atom. The van der Waals surface area contributed by atoms with Gasteiger partial charge >= 0.3 is 0 Å². The number of halogens is 1. The van der Waals surface area contributed by atoms with Gasteiger partial charge in [0.05, 0.1) is 12.8 Å². The summed E-state index contributed by atoms with van der Waals surface area (Å²) in [6, 6.07) is 4.88. The molecule has 3 rings (SSSR count). The van der Waals surface area contributed by atoms with Gasteiger partial charge in [0.2, 0.25) is 0 Å². The number of furan rings is 1. The molecule has 88 valence electrons. The molecule has 0 aliphatic carbocycles. The number of piperidine rings is 1. The number of rotatable bonds is 2. The predicted molar refractivity (Wildman–Crippen MR) is 62.6 cm³/mol. The summed E-state index contributed by atoms with van der Waals surface area (Å²) in [6.07, 6.45) is 5.56. The molecule has 0 saturated carbocycles. The summed E-state index contributed by atoms with van der Waals surface area (Å²) in [5.74, 6) is 1.46. The highest BCUT2D eigenvalue weighted by molar-refractivity contribution is 5.85. The highest BCUT2D eigenvalue weighted by Gasteiger charge is 2.40. The van der Waals surface area contributed by atoms with Gasteiger partial charge in [0.25, 0.3) is 0 Å². The Morgan fingerprint density at radius 1 is 1.31 bits per heavy atom. The van der Waals surface area contributed by atoms with Crippen LogP contribution in [0.25, 0.3) is 0 Å². The van der Waals surface area contributed by atoms with Crippen molar-refractivity contribution in [3.63, 3.8) is 0 Å². The lowest BCUT2D eigenvalue weighted by Crippen LogP contribution is -2.42. The molecule has 0 radical (unpaired) electrons. The Hall–Kier alpha value is -0.800. The summed E-state index contributed by atoms with van der Waals surface area (Å²) in [7, 11) is 0. The average Bonchev–Trinajstić information content (AvgIpc) is 2.77. The molecular weight excluding hydrogens is 226 g/mol. The average molecular weight is 242 g/mol. The molecule has 1 aromatic rings. The van der Waals surface area contributed by atoms with Gasteiger partial charge in [0.1, 0.15) is 11.5 Å². The van der Waals surface area contributed by atoms with Crippen molar-refractivity contribution in [2.45, 2.75) is 44.3 Å². The minimum atomic E-state index is 0. The second kappa shape index (κ2) is 4.60. The van der Waals surface area contributed by atoms with E-state index in [1.54, 1.807) is 6.26 Å². The van der Waals surface area contributed by atoms with Gasteiger partial charge in [-0.1, -0.05) is 0 Å². The highest BCUT2D eigenvalue weighted by Crippen LogP contribution is 2.34. The van der Waals surface area contributed by atoms with E-state index in [1.165, 1.54) is 12.8 Å². The van der Waals surface area contributed by atoms with E-state index in [1.807, 2.05) is 12.1 Å². The molecule has 4 heteroatoms. The van der Waals surface area contributed by atoms with Crippen LogP contribution in [0.5, 0.6) is 0 Å². The van der Waals surface area contributed by atoms with Crippen molar-refractivity contribution in [2.75, 3.05) is 0 Å². The number of ketones is 1. The molecular formula is C12H16ClNO2. The van der Waals surface area contributed by atoms with Gasteiger partial charge in [-0.05, 0) is 25.0 Å². The molecule has 3 heterocycles. The minimum Gasteiger partial charge on any atom is -0.468 e. The zero-order chi connectivity index (χ0) is 10.3. The van der Waals surface area contributed by atoms with Crippen molar-refractivity contribution in [1.82, 2.24) is 4.90 Å². The second-order valence-electron chi connectivity index (χ2n) is 4.58. The summed E-state index contributed by atoms with van der Waals surface area (Å²) in [5.41, 5.74) is 0. The summed E-state index contributed by atoms with van der Waals surface area (Å²) < 4.78 is 5.36. The number of fused-ring (bicyclic) bond motifs is 2. The van der Waals surface area contributed by atoms with Crippen LogP contribution < -0.4 is 0 Å². The van der Waals surface area contributed by atoms with Gasteiger partial charge in [-0.25, -0.2) is 0 Å². The summed E-state index contributed by atoms with van der Waals surface area (Å²) in [4.78, 5) is 13.9. The molecule has 0 aromatic carbocycles. The molecule has 3 nitrogen and oxygen atoms in total. The first-order chi connectivity index (χ1) is 7.33. The van der Waals surface area contributed by atoms with Crippen LogP contribution in [0.4, 0.5) is 0 Å². The van der Waals surface area contributed by atoms with Crippen LogP contribution in [-0.4, -0.2) is 22.8 Å². The summed E-state index contributed by atoms with van der Waals surface area (Å²) in [5, 5.41) is 0. The van der Waals surface area contributed by atoms with E-state index in [2.05, 4.69) is 4.90 Å². The molecule has 2 aliphatic heterocycles. The van der Waals surface area contributed by atoms with E-state index in [9.17, 15) is 4.79 Å². The van der Waals surface area contributed by atoms with Crippen molar-refractivity contribution in [3.8, 4) is 0 Å². The van der Waals surface area contributed by atoms with Crippen molar-refractivity contribution in [3.05, 3.63) is 24.2 Å². The first kappa shape index (κ1) is 11.7. The zero-order valence-corrected chi connectivity index (χ0v) is 9.91. The molecule has 2 atom stereocenters. The van der Waals surface area contributed by atoms with Crippen LogP contribution in [0.15, 0.2) is 22.8 Å². The molecule has 0 unspecified atom stereocenters. The normalized spacial score (nSPS) is 29.1. The van der Waals surface area contributed by atoms with E-state index >= 15 is 0 Å². The SMILES string of the molecule is Cl.O=C1C[C@H]2CC[C@@H](C1)N2Cc1ccco1. The monoisotopic (exact) mass is 241 g/mol. The maximum atomic E-state index is 11.4. The molecule has 16 heavy (non-hydrogen) atoms. The van der Waals surface area contributed by atoms with E-state index in [4.69, 9.17) is 4.42 Å². The number of hydrogen-bond donors (Lipinski definition) is 0. The van der Waals surface area contributed by atoms with Crippen LogP contribution in [0, 0.1) is 0 Å². The Balaban J connectivity index is 0.000000963. The molecule has 2 fully saturated rings. The minimum absolute atomic E-state index is 0. The van der Waals surface area contributed by atoms with Crippen molar-refractivity contribution >= 4 is 18.2 Å². The van der Waals surface area contributed by atoms with Crippen molar-refractivity contribution in [1.29, 1.82) is 0 Å². The maximum Gasteiger partial charge on any atom is 0.136 e. The largest absolute Gasteiger partial charge is 0.468 e. The fourth-order valence-electron chi connectivity index (χ4n) is 2.90.